The Balaban J connectivity index is 2.58. The molecule has 0 heterocycles. The Bertz CT molecular complexity index is 557. The van der Waals surface area contributed by atoms with Gasteiger partial charge in [0.15, 0.2) is 9.84 Å². The third-order valence-electron chi connectivity index (χ3n) is 3.16. The van der Waals surface area contributed by atoms with Crippen molar-refractivity contribution < 1.29 is 17.9 Å². The van der Waals surface area contributed by atoms with Gasteiger partial charge in [0.05, 0.1) is 24.2 Å². The third kappa shape index (κ3) is 6.03. The molecular weight excluding hydrogens is 314 g/mol. The van der Waals surface area contributed by atoms with Gasteiger partial charge in [0, 0.05) is 18.1 Å². The van der Waals surface area contributed by atoms with E-state index >= 15 is 0 Å². The van der Waals surface area contributed by atoms with E-state index in [1.807, 2.05) is 11.8 Å². The van der Waals surface area contributed by atoms with E-state index in [2.05, 4.69) is 4.74 Å². The van der Waals surface area contributed by atoms with Gasteiger partial charge in [-0.25, -0.2) is 8.42 Å². The number of ether oxygens (including phenoxy) is 1. The van der Waals surface area contributed by atoms with Crippen molar-refractivity contribution in [2.45, 2.75) is 18.2 Å². The normalized spacial score (nSPS) is 11.6. The van der Waals surface area contributed by atoms with Crippen molar-refractivity contribution in [1.29, 1.82) is 0 Å². The summed E-state index contributed by atoms with van der Waals surface area (Å²) < 4.78 is 29.0. The highest BCUT2D eigenvalue weighted by Gasteiger charge is 2.16. The molecule has 0 saturated heterocycles. The summed E-state index contributed by atoms with van der Waals surface area (Å²) in [5, 5.41) is 0.502. The molecule has 118 valence electrons. The molecule has 0 aliphatic heterocycles. The first-order valence-corrected chi connectivity index (χ1v) is 8.69. The summed E-state index contributed by atoms with van der Waals surface area (Å²) in [4.78, 5) is 13.3. The maximum absolute atomic E-state index is 12.2. The number of carbonyl (C=O) groups is 1. The highest BCUT2D eigenvalue weighted by Crippen LogP contribution is 2.15. The lowest BCUT2D eigenvalue weighted by molar-refractivity contribution is -0.140. The molecule has 21 heavy (non-hydrogen) atoms. The second kappa shape index (κ2) is 8.36. The van der Waals surface area contributed by atoms with Crippen molar-refractivity contribution in [2.24, 2.45) is 0 Å². The van der Waals surface area contributed by atoms with Crippen LogP contribution in [0.15, 0.2) is 29.2 Å². The molecule has 0 saturated carbocycles. The molecule has 0 N–H and O–H groups in total. The van der Waals surface area contributed by atoms with Gasteiger partial charge in [-0.2, -0.15) is 0 Å². The first-order valence-electron chi connectivity index (χ1n) is 6.66. The predicted octanol–water partition coefficient (Wildman–Crippen LogP) is 2.00. The van der Waals surface area contributed by atoms with E-state index in [1.165, 1.54) is 19.2 Å². The minimum atomic E-state index is -3.34. The molecule has 0 aliphatic carbocycles. The lowest BCUT2D eigenvalue weighted by Gasteiger charge is -2.19. The second-order valence-corrected chi connectivity index (χ2v) is 7.08. The molecule has 0 amide bonds. The maximum Gasteiger partial charge on any atom is 0.306 e. The summed E-state index contributed by atoms with van der Waals surface area (Å²) in [6, 6.07) is 6.12. The highest BCUT2D eigenvalue weighted by molar-refractivity contribution is 7.91. The molecule has 0 bridgehead atoms. The molecule has 0 atom stereocenters. The average molecular weight is 334 g/mol. The molecule has 0 aromatic heterocycles. The topological polar surface area (TPSA) is 63.7 Å². The summed E-state index contributed by atoms with van der Waals surface area (Å²) in [5.74, 6) is -0.294. The van der Waals surface area contributed by atoms with Gasteiger partial charge < -0.3 is 9.64 Å². The zero-order chi connectivity index (χ0) is 15.9. The number of hydrogen-bond donors (Lipinski definition) is 0. The number of hydrogen-bond acceptors (Lipinski definition) is 5. The molecule has 1 aromatic rings. The van der Waals surface area contributed by atoms with Crippen molar-refractivity contribution in [3.63, 3.8) is 0 Å². The monoisotopic (exact) mass is 333 g/mol. The van der Waals surface area contributed by atoms with Crippen LogP contribution in [0.25, 0.3) is 0 Å². The number of halogens is 1. The fraction of sp³-hybridized carbons (Fsp3) is 0.500. The minimum Gasteiger partial charge on any atom is -0.469 e. The van der Waals surface area contributed by atoms with Crippen LogP contribution in [0.2, 0.25) is 5.02 Å². The van der Waals surface area contributed by atoms with Gasteiger partial charge in [-0.05, 0) is 30.8 Å². The van der Waals surface area contributed by atoms with Crippen LogP contribution in [0.5, 0.6) is 0 Å². The Labute approximate surface area is 130 Å². The average Bonchev–Trinajstić information content (AvgIpc) is 2.47. The number of rotatable bonds is 8. The van der Waals surface area contributed by atoms with Crippen molar-refractivity contribution in [1.82, 2.24) is 4.90 Å². The van der Waals surface area contributed by atoms with Gasteiger partial charge in [-0.1, -0.05) is 18.5 Å². The van der Waals surface area contributed by atoms with E-state index in [0.717, 1.165) is 0 Å². The van der Waals surface area contributed by atoms with Crippen LogP contribution >= 0.6 is 11.6 Å². The molecule has 0 unspecified atom stereocenters. The van der Waals surface area contributed by atoms with Crippen molar-refractivity contribution in [2.75, 3.05) is 32.5 Å². The minimum absolute atomic E-state index is 0.00362. The van der Waals surface area contributed by atoms with Crippen LogP contribution in [0.3, 0.4) is 0 Å². The van der Waals surface area contributed by atoms with Crippen molar-refractivity contribution in [3.8, 4) is 0 Å². The first kappa shape index (κ1) is 17.9. The van der Waals surface area contributed by atoms with E-state index in [9.17, 15) is 13.2 Å². The largest absolute Gasteiger partial charge is 0.469 e. The lowest BCUT2D eigenvalue weighted by atomic mass is 10.4. The lowest BCUT2D eigenvalue weighted by Crippen LogP contribution is -2.31. The second-order valence-electron chi connectivity index (χ2n) is 4.53. The Morgan fingerprint density at radius 2 is 1.86 bits per heavy atom. The van der Waals surface area contributed by atoms with Crippen LogP contribution in [0.1, 0.15) is 13.3 Å². The van der Waals surface area contributed by atoms with Gasteiger partial charge in [0.1, 0.15) is 0 Å². The summed E-state index contributed by atoms with van der Waals surface area (Å²) in [7, 11) is -2.01. The molecule has 7 heteroatoms. The SMILES string of the molecule is CCN(CCC(=O)OC)CCS(=O)(=O)c1ccc(Cl)cc1. The van der Waals surface area contributed by atoms with Crippen molar-refractivity contribution >= 4 is 27.4 Å². The summed E-state index contributed by atoms with van der Waals surface area (Å²) in [6.45, 7) is 3.46. The fourth-order valence-corrected chi connectivity index (χ4v) is 3.20. The summed E-state index contributed by atoms with van der Waals surface area (Å²) >= 11 is 5.75. The summed E-state index contributed by atoms with van der Waals surface area (Å²) in [6.07, 6.45) is 0.255. The Morgan fingerprint density at radius 1 is 1.24 bits per heavy atom. The third-order valence-corrected chi connectivity index (χ3v) is 5.12. The number of benzene rings is 1. The summed E-state index contributed by atoms with van der Waals surface area (Å²) in [5.41, 5.74) is 0. The Hall–Kier alpha value is -1.11. The smallest absolute Gasteiger partial charge is 0.306 e. The number of nitrogens with zero attached hydrogens (tertiary/aromatic N) is 1. The van der Waals surface area contributed by atoms with E-state index in [-0.39, 0.29) is 23.0 Å². The van der Waals surface area contributed by atoms with Crippen LogP contribution in [0.4, 0.5) is 0 Å². The highest BCUT2D eigenvalue weighted by atomic mass is 35.5. The van der Waals surface area contributed by atoms with Crippen LogP contribution in [0, 0.1) is 0 Å². The standard InChI is InChI=1S/C14H20ClNO4S/c1-3-16(9-8-14(17)20-2)10-11-21(18,19)13-6-4-12(15)5-7-13/h4-7H,3,8-11H2,1-2H3. The molecule has 0 spiro atoms. The molecular formula is C14H20ClNO4S. The Morgan fingerprint density at radius 3 is 2.38 bits per heavy atom. The number of methoxy groups -OCH3 is 1. The molecule has 5 nitrogen and oxygen atoms in total. The molecule has 0 aliphatic rings. The molecule has 0 fully saturated rings. The first-order chi connectivity index (χ1) is 9.89. The maximum atomic E-state index is 12.2. The molecule has 1 aromatic carbocycles. The van der Waals surface area contributed by atoms with Crippen LogP contribution in [-0.2, 0) is 19.4 Å². The zero-order valence-electron chi connectivity index (χ0n) is 12.2. The van der Waals surface area contributed by atoms with E-state index < -0.39 is 9.84 Å². The van der Waals surface area contributed by atoms with Crippen molar-refractivity contribution in [3.05, 3.63) is 29.3 Å². The zero-order valence-corrected chi connectivity index (χ0v) is 13.8. The number of esters is 1. The van der Waals surface area contributed by atoms with E-state index in [1.54, 1.807) is 12.1 Å². The van der Waals surface area contributed by atoms with Gasteiger partial charge in [-0.15, -0.1) is 0 Å². The van der Waals surface area contributed by atoms with Crippen LogP contribution in [-0.4, -0.2) is 51.8 Å². The number of sulfone groups is 1. The number of carbonyl (C=O) groups excluding carboxylic acids is 1. The van der Waals surface area contributed by atoms with Crippen LogP contribution < -0.4 is 0 Å². The van der Waals surface area contributed by atoms with Gasteiger partial charge in [-0.3, -0.25) is 4.79 Å². The Kier molecular flexibility index (Phi) is 7.14. The van der Waals surface area contributed by atoms with E-state index in [0.29, 0.717) is 24.7 Å². The van der Waals surface area contributed by atoms with E-state index in [4.69, 9.17) is 11.6 Å². The predicted molar refractivity (Wildman–Crippen MR) is 82.3 cm³/mol. The quantitative estimate of drug-likeness (QED) is 0.681. The van der Waals surface area contributed by atoms with Gasteiger partial charge in [0.25, 0.3) is 0 Å². The molecule has 1 rings (SSSR count). The molecule has 0 radical (unpaired) electrons. The van der Waals surface area contributed by atoms with Gasteiger partial charge >= 0.3 is 5.97 Å². The fourth-order valence-electron chi connectivity index (χ4n) is 1.79. The van der Waals surface area contributed by atoms with Gasteiger partial charge in [0.2, 0.25) is 0 Å².